The minimum atomic E-state index is -3.52. The Bertz CT molecular complexity index is 678. The van der Waals surface area contributed by atoms with Crippen LogP contribution in [-0.4, -0.2) is 47.2 Å². The van der Waals surface area contributed by atoms with Gasteiger partial charge in [-0.05, 0) is 31.8 Å². The zero-order valence-corrected chi connectivity index (χ0v) is 14.8. The molecule has 1 atom stereocenters. The molecule has 0 saturated carbocycles. The van der Waals surface area contributed by atoms with Gasteiger partial charge in [0.25, 0.3) is 5.91 Å². The summed E-state index contributed by atoms with van der Waals surface area (Å²) in [6.45, 7) is 0.526. The van der Waals surface area contributed by atoms with Crippen LogP contribution in [0.15, 0.2) is 23.1 Å². The second kappa shape index (κ2) is 8.82. The number of carbonyl (C=O) groups is 1. The molecule has 6 N–H and O–H groups in total. The summed E-state index contributed by atoms with van der Waals surface area (Å²) in [5.41, 5.74) is 5.80. The van der Waals surface area contributed by atoms with Crippen molar-refractivity contribution in [1.82, 2.24) is 16.0 Å². The van der Waals surface area contributed by atoms with Crippen LogP contribution in [0, 0.1) is 5.41 Å². The molecule has 1 aromatic carbocycles. The van der Waals surface area contributed by atoms with Gasteiger partial charge in [-0.2, -0.15) is 0 Å². The molecule has 0 aliphatic carbocycles. The van der Waals surface area contributed by atoms with Crippen molar-refractivity contribution >= 4 is 34.1 Å². The van der Waals surface area contributed by atoms with E-state index in [0.29, 0.717) is 12.1 Å². The Morgan fingerprint density at radius 2 is 1.96 bits per heavy atom. The number of nitrogens with two attached hydrogens (primary N) is 1. The van der Waals surface area contributed by atoms with Gasteiger partial charge in [0.05, 0.1) is 4.90 Å². The van der Waals surface area contributed by atoms with Crippen LogP contribution in [0.4, 0.5) is 0 Å². The van der Waals surface area contributed by atoms with E-state index in [9.17, 15) is 13.2 Å². The quantitative estimate of drug-likeness (QED) is 0.345. The summed E-state index contributed by atoms with van der Waals surface area (Å²) in [4.78, 5) is 11.9. The monoisotopic (exact) mass is 363 g/mol. The van der Waals surface area contributed by atoms with Gasteiger partial charge in [-0.25, -0.2) is 8.42 Å². The van der Waals surface area contributed by atoms with Gasteiger partial charge in [-0.3, -0.25) is 15.5 Å². The molecule has 0 fully saturated rings. The molecule has 10 heteroatoms. The average molecular weight is 364 g/mol. The van der Waals surface area contributed by atoms with E-state index in [0.717, 1.165) is 6.26 Å². The maximum Gasteiger partial charge on any atom is 0.257 e. The minimum absolute atomic E-state index is 0. The topological polar surface area (TPSA) is 137 Å². The fourth-order valence-corrected chi connectivity index (χ4v) is 3.03. The zero-order valence-electron chi connectivity index (χ0n) is 13.1. The van der Waals surface area contributed by atoms with E-state index in [2.05, 4.69) is 16.0 Å². The molecule has 0 aromatic heterocycles. The van der Waals surface area contributed by atoms with Crippen molar-refractivity contribution in [2.24, 2.45) is 5.73 Å². The second-order valence-corrected chi connectivity index (χ2v) is 6.78. The van der Waals surface area contributed by atoms with E-state index in [1.54, 1.807) is 20.2 Å². The lowest BCUT2D eigenvalue weighted by Gasteiger charge is -2.19. The minimum Gasteiger partial charge on any atom is -0.370 e. The maximum atomic E-state index is 12.0. The van der Waals surface area contributed by atoms with Crippen LogP contribution in [0.2, 0.25) is 0 Å². The number of nitrogens with one attached hydrogen (secondary N) is 4. The van der Waals surface area contributed by atoms with Gasteiger partial charge in [0.1, 0.15) is 0 Å². The van der Waals surface area contributed by atoms with Crippen molar-refractivity contribution in [2.75, 3.05) is 26.9 Å². The van der Waals surface area contributed by atoms with E-state index in [4.69, 9.17) is 11.1 Å². The highest BCUT2D eigenvalue weighted by atomic mass is 35.5. The van der Waals surface area contributed by atoms with Crippen LogP contribution in [0.3, 0.4) is 0 Å². The molecule has 0 spiro atoms. The second-order valence-electron chi connectivity index (χ2n) is 4.79. The highest BCUT2D eigenvalue weighted by molar-refractivity contribution is 7.90. The molecule has 130 valence electrons. The lowest BCUT2D eigenvalue weighted by molar-refractivity contribution is 0.0976. The SMILES string of the molecule is CNCC(NC)c1ccc(C(=O)NC(=N)N)cc1S(C)(=O)=O.Cl. The van der Waals surface area contributed by atoms with E-state index in [1.165, 1.54) is 12.1 Å². The van der Waals surface area contributed by atoms with Crippen LogP contribution in [0.5, 0.6) is 0 Å². The molecule has 1 rings (SSSR count). The number of carbonyl (C=O) groups excluding carboxylic acids is 1. The van der Waals surface area contributed by atoms with Gasteiger partial charge < -0.3 is 16.4 Å². The molecule has 23 heavy (non-hydrogen) atoms. The van der Waals surface area contributed by atoms with Crippen LogP contribution < -0.4 is 21.7 Å². The Labute approximate surface area is 142 Å². The highest BCUT2D eigenvalue weighted by Gasteiger charge is 2.21. The van der Waals surface area contributed by atoms with Gasteiger partial charge in [-0.1, -0.05) is 6.07 Å². The normalized spacial score (nSPS) is 12.1. The fourth-order valence-electron chi connectivity index (χ4n) is 2.05. The highest BCUT2D eigenvalue weighted by Crippen LogP contribution is 2.24. The number of benzene rings is 1. The number of amides is 1. The Kier molecular flexibility index (Phi) is 8.18. The third kappa shape index (κ3) is 5.79. The molecule has 0 saturated heterocycles. The number of guanidine groups is 1. The predicted molar refractivity (Wildman–Crippen MR) is 91.9 cm³/mol. The van der Waals surface area contributed by atoms with Gasteiger partial charge in [0.2, 0.25) is 0 Å². The van der Waals surface area contributed by atoms with Crippen LogP contribution in [0.1, 0.15) is 22.0 Å². The molecular weight excluding hydrogens is 342 g/mol. The van der Waals surface area contributed by atoms with Crippen molar-refractivity contribution in [3.8, 4) is 0 Å². The number of likely N-dealkylation sites (N-methyl/N-ethyl adjacent to an activating group) is 2. The van der Waals surface area contributed by atoms with Gasteiger partial charge in [0, 0.05) is 24.4 Å². The van der Waals surface area contributed by atoms with Gasteiger partial charge in [-0.15, -0.1) is 12.4 Å². The van der Waals surface area contributed by atoms with E-state index in [1.807, 2.05) is 0 Å². The van der Waals surface area contributed by atoms with Gasteiger partial charge >= 0.3 is 0 Å². The third-order valence-corrected chi connectivity index (χ3v) is 4.21. The largest absolute Gasteiger partial charge is 0.370 e. The standard InChI is InChI=1S/C13H21N5O3S.ClH/c1-16-7-10(17-2)9-5-4-8(12(19)18-13(14)15)6-11(9)22(3,20)21;/h4-6,10,16-17H,7H2,1-3H3,(H4,14,15,18,19);1H. The van der Waals surface area contributed by atoms with E-state index < -0.39 is 21.7 Å². The molecule has 8 nitrogen and oxygen atoms in total. The smallest absolute Gasteiger partial charge is 0.257 e. The first kappa shape index (κ1) is 21.3. The van der Waals surface area contributed by atoms with Crippen molar-refractivity contribution < 1.29 is 13.2 Å². The molecule has 1 amide bonds. The van der Waals surface area contributed by atoms with E-state index in [-0.39, 0.29) is 28.9 Å². The lowest BCUT2D eigenvalue weighted by Crippen LogP contribution is -2.36. The number of rotatable bonds is 6. The summed E-state index contributed by atoms with van der Waals surface area (Å²) in [7, 11) is -0.0344. The Hall–Kier alpha value is -1.68. The molecular formula is C13H22ClN5O3S. The summed E-state index contributed by atoms with van der Waals surface area (Å²) >= 11 is 0. The van der Waals surface area contributed by atoms with E-state index >= 15 is 0 Å². The first-order chi connectivity index (χ1) is 10.2. The van der Waals surface area contributed by atoms with Crippen molar-refractivity contribution in [2.45, 2.75) is 10.9 Å². The maximum absolute atomic E-state index is 12.0. The molecule has 1 unspecified atom stereocenters. The van der Waals surface area contributed by atoms with Crippen molar-refractivity contribution in [3.05, 3.63) is 29.3 Å². The van der Waals surface area contributed by atoms with Crippen molar-refractivity contribution in [3.63, 3.8) is 0 Å². The van der Waals surface area contributed by atoms with Crippen LogP contribution >= 0.6 is 12.4 Å². The molecule has 0 aliphatic rings. The molecule has 0 aliphatic heterocycles. The first-order valence-electron chi connectivity index (χ1n) is 6.52. The Morgan fingerprint density at radius 3 is 2.39 bits per heavy atom. The first-order valence-corrected chi connectivity index (χ1v) is 8.41. The molecule has 0 radical (unpaired) electrons. The summed E-state index contributed by atoms with van der Waals surface area (Å²) in [6, 6.07) is 4.16. The Balaban J connectivity index is 0.00000484. The average Bonchev–Trinajstić information content (AvgIpc) is 2.42. The lowest BCUT2D eigenvalue weighted by atomic mass is 10.0. The molecule has 0 heterocycles. The summed E-state index contributed by atoms with van der Waals surface area (Å²) in [6.07, 6.45) is 1.09. The number of hydrogen-bond donors (Lipinski definition) is 5. The fraction of sp³-hybridized carbons (Fsp3) is 0.385. The van der Waals surface area contributed by atoms with Crippen molar-refractivity contribution in [1.29, 1.82) is 5.41 Å². The number of hydrogen-bond acceptors (Lipinski definition) is 6. The zero-order chi connectivity index (χ0) is 16.9. The molecule has 0 bridgehead atoms. The third-order valence-electron chi connectivity index (χ3n) is 3.06. The number of halogens is 1. The van der Waals surface area contributed by atoms with Gasteiger partial charge in [0.15, 0.2) is 15.8 Å². The van der Waals surface area contributed by atoms with Crippen LogP contribution in [-0.2, 0) is 9.84 Å². The molecule has 1 aromatic rings. The Morgan fingerprint density at radius 1 is 1.35 bits per heavy atom. The summed E-state index contributed by atoms with van der Waals surface area (Å²) in [5, 5.41) is 15.2. The van der Waals surface area contributed by atoms with Crippen LogP contribution in [0.25, 0.3) is 0 Å². The summed E-state index contributed by atoms with van der Waals surface area (Å²) < 4.78 is 24.1. The number of sulfone groups is 1. The predicted octanol–water partition coefficient (Wildman–Crippen LogP) is -0.385. The summed E-state index contributed by atoms with van der Waals surface area (Å²) in [5.74, 6) is -1.13.